The Bertz CT molecular complexity index is 799. The molecule has 7 heteroatoms. The molecule has 24 heavy (non-hydrogen) atoms. The maximum atomic E-state index is 5.93. The molecule has 1 fully saturated rings. The van der Waals surface area contributed by atoms with Crippen LogP contribution in [0.1, 0.15) is 5.56 Å². The van der Waals surface area contributed by atoms with E-state index < -0.39 is 0 Å². The Balaban J connectivity index is 1.45. The molecule has 1 aliphatic rings. The molecule has 0 bridgehead atoms. The molecule has 7 nitrogen and oxygen atoms in total. The summed E-state index contributed by atoms with van der Waals surface area (Å²) in [5.41, 5.74) is 8.10. The predicted molar refractivity (Wildman–Crippen MR) is 88.1 cm³/mol. The number of aromatic nitrogens is 4. The molecule has 1 saturated heterocycles. The monoisotopic (exact) mass is 325 g/mol. The Labute approximate surface area is 139 Å². The Kier molecular flexibility index (Phi) is 4.02. The van der Waals surface area contributed by atoms with Crippen molar-refractivity contribution in [3.05, 3.63) is 60.7 Å². The van der Waals surface area contributed by atoms with Crippen molar-refractivity contribution in [2.75, 3.05) is 13.2 Å². The lowest BCUT2D eigenvalue weighted by Crippen LogP contribution is -2.37. The van der Waals surface area contributed by atoms with Gasteiger partial charge in [0.25, 0.3) is 0 Å². The Morgan fingerprint density at radius 3 is 3.00 bits per heavy atom. The fourth-order valence-electron chi connectivity index (χ4n) is 2.75. The molecule has 124 valence electrons. The van der Waals surface area contributed by atoms with Crippen LogP contribution in [0.4, 0.5) is 0 Å². The van der Waals surface area contributed by atoms with E-state index in [9.17, 15) is 0 Å². The zero-order valence-corrected chi connectivity index (χ0v) is 13.2. The van der Waals surface area contributed by atoms with Crippen molar-refractivity contribution in [2.45, 2.75) is 18.7 Å². The zero-order valence-electron chi connectivity index (χ0n) is 13.2. The summed E-state index contributed by atoms with van der Waals surface area (Å²) in [5.74, 6) is 0.712. The highest BCUT2D eigenvalue weighted by Gasteiger charge is 2.26. The molecule has 3 heterocycles. The van der Waals surface area contributed by atoms with Gasteiger partial charge in [0, 0.05) is 12.4 Å². The van der Waals surface area contributed by atoms with Crippen molar-refractivity contribution in [2.24, 2.45) is 5.73 Å². The van der Waals surface area contributed by atoms with Crippen molar-refractivity contribution in [3.63, 3.8) is 0 Å². The molecule has 0 unspecified atom stereocenters. The molecule has 4 rings (SSSR count). The predicted octanol–water partition coefficient (Wildman–Crippen LogP) is 1.22. The third-order valence-electron chi connectivity index (χ3n) is 3.99. The van der Waals surface area contributed by atoms with Gasteiger partial charge in [0.05, 0.1) is 43.9 Å². The van der Waals surface area contributed by atoms with Crippen LogP contribution < -0.4 is 10.5 Å². The van der Waals surface area contributed by atoms with Crippen LogP contribution in [0.25, 0.3) is 5.69 Å². The number of nitrogens with two attached hydrogens (primary N) is 1. The molecule has 0 aliphatic carbocycles. The highest BCUT2D eigenvalue weighted by molar-refractivity contribution is 5.35. The number of rotatable bonds is 5. The van der Waals surface area contributed by atoms with E-state index in [0.717, 1.165) is 11.3 Å². The molecular formula is C17H19N5O2. The molecule has 1 aliphatic heterocycles. The number of nitrogens with zero attached hydrogens (tertiary/aromatic N) is 4. The van der Waals surface area contributed by atoms with Crippen molar-refractivity contribution >= 4 is 0 Å². The maximum Gasteiger partial charge on any atom is 0.157 e. The number of ether oxygens (including phenoxy) is 2. The largest absolute Gasteiger partial charge is 0.483 e. The molecular weight excluding hydrogens is 306 g/mol. The number of hydrogen-bond acceptors (Lipinski definition) is 5. The minimum absolute atomic E-state index is 0.0842. The van der Waals surface area contributed by atoms with Gasteiger partial charge >= 0.3 is 0 Å². The lowest BCUT2D eigenvalue weighted by atomic mass is 10.2. The summed E-state index contributed by atoms with van der Waals surface area (Å²) >= 11 is 0. The summed E-state index contributed by atoms with van der Waals surface area (Å²) in [7, 11) is 0. The minimum atomic E-state index is -0.106. The first kappa shape index (κ1) is 14.9. The quantitative estimate of drug-likeness (QED) is 0.763. The van der Waals surface area contributed by atoms with Crippen LogP contribution in [0.15, 0.2) is 55.1 Å². The van der Waals surface area contributed by atoms with Gasteiger partial charge in [0.15, 0.2) is 5.75 Å². The highest BCUT2D eigenvalue weighted by atomic mass is 16.5. The van der Waals surface area contributed by atoms with Crippen LogP contribution in [-0.2, 0) is 11.3 Å². The van der Waals surface area contributed by atoms with E-state index in [0.29, 0.717) is 25.5 Å². The van der Waals surface area contributed by atoms with Crippen molar-refractivity contribution in [3.8, 4) is 11.4 Å². The lowest BCUT2D eigenvalue weighted by Gasteiger charge is -2.13. The average molecular weight is 325 g/mol. The summed E-state index contributed by atoms with van der Waals surface area (Å²) in [6, 6.07) is 10.0. The third kappa shape index (κ3) is 3.17. The summed E-state index contributed by atoms with van der Waals surface area (Å²) in [6.07, 6.45) is 7.17. The van der Waals surface area contributed by atoms with E-state index >= 15 is 0 Å². The van der Waals surface area contributed by atoms with E-state index in [2.05, 4.69) is 22.3 Å². The van der Waals surface area contributed by atoms with E-state index in [1.54, 1.807) is 12.4 Å². The number of hydrogen-bond donors (Lipinski definition) is 1. The second-order valence-corrected chi connectivity index (χ2v) is 5.85. The number of benzene rings is 1. The lowest BCUT2D eigenvalue weighted by molar-refractivity contribution is 0.140. The van der Waals surface area contributed by atoms with Crippen LogP contribution in [0.5, 0.6) is 5.75 Å². The molecule has 2 N–H and O–H groups in total. The summed E-state index contributed by atoms with van der Waals surface area (Å²) < 4.78 is 14.8. The molecule has 0 saturated carbocycles. The van der Waals surface area contributed by atoms with Crippen molar-refractivity contribution < 1.29 is 9.47 Å². The third-order valence-corrected chi connectivity index (χ3v) is 3.99. The molecule has 0 spiro atoms. The van der Waals surface area contributed by atoms with Gasteiger partial charge in [-0.1, -0.05) is 12.1 Å². The SMILES string of the molecule is N[C@H]1COC[C@H]1Oc1cnn(Cc2cccc(-n3cccn3)c2)c1. The van der Waals surface area contributed by atoms with Crippen LogP contribution >= 0.6 is 0 Å². The van der Waals surface area contributed by atoms with Gasteiger partial charge in [0.1, 0.15) is 6.10 Å². The van der Waals surface area contributed by atoms with Crippen molar-refractivity contribution in [1.82, 2.24) is 19.6 Å². The van der Waals surface area contributed by atoms with Crippen LogP contribution in [0, 0.1) is 0 Å². The van der Waals surface area contributed by atoms with E-state index in [1.807, 2.05) is 40.0 Å². The Hall–Kier alpha value is -2.64. The maximum absolute atomic E-state index is 5.93. The van der Waals surface area contributed by atoms with Gasteiger partial charge in [-0.15, -0.1) is 0 Å². The van der Waals surface area contributed by atoms with Crippen LogP contribution in [-0.4, -0.2) is 44.9 Å². The fraction of sp³-hybridized carbons (Fsp3) is 0.294. The Morgan fingerprint density at radius 2 is 2.21 bits per heavy atom. The zero-order chi connectivity index (χ0) is 16.4. The first-order valence-corrected chi connectivity index (χ1v) is 7.89. The topological polar surface area (TPSA) is 80.1 Å². The molecule has 0 radical (unpaired) electrons. The minimum Gasteiger partial charge on any atom is -0.483 e. The fourth-order valence-corrected chi connectivity index (χ4v) is 2.75. The first-order chi connectivity index (χ1) is 11.8. The molecule has 2 atom stereocenters. The standard InChI is InChI=1S/C17H19N5O2/c18-16-11-23-12-17(16)24-15-8-20-21(10-15)9-13-3-1-4-14(7-13)22-6-2-5-19-22/h1-8,10,16-17H,9,11-12,18H2/t16-,17+/m0/s1. The molecule has 0 amide bonds. The van der Waals surface area contributed by atoms with Gasteiger partial charge in [0.2, 0.25) is 0 Å². The second-order valence-electron chi connectivity index (χ2n) is 5.85. The van der Waals surface area contributed by atoms with E-state index in [1.165, 1.54) is 0 Å². The second kappa shape index (κ2) is 6.46. The van der Waals surface area contributed by atoms with Crippen molar-refractivity contribution in [1.29, 1.82) is 0 Å². The van der Waals surface area contributed by atoms with Gasteiger partial charge in [-0.25, -0.2) is 4.68 Å². The average Bonchev–Trinajstić information content (AvgIpc) is 3.32. The molecule has 1 aromatic carbocycles. The van der Waals surface area contributed by atoms with Gasteiger partial charge in [-0.2, -0.15) is 10.2 Å². The first-order valence-electron chi connectivity index (χ1n) is 7.89. The Morgan fingerprint density at radius 1 is 1.25 bits per heavy atom. The van der Waals surface area contributed by atoms with E-state index in [4.69, 9.17) is 15.2 Å². The van der Waals surface area contributed by atoms with Crippen LogP contribution in [0.3, 0.4) is 0 Å². The van der Waals surface area contributed by atoms with E-state index in [-0.39, 0.29) is 12.1 Å². The van der Waals surface area contributed by atoms with Crippen LogP contribution in [0.2, 0.25) is 0 Å². The summed E-state index contributed by atoms with van der Waals surface area (Å²) in [6.45, 7) is 1.73. The molecule has 2 aromatic heterocycles. The van der Waals surface area contributed by atoms with Gasteiger partial charge in [-0.05, 0) is 23.8 Å². The smallest absolute Gasteiger partial charge is 0.157 e. The van der Waals surface area contributed by atoms with Gasteiger partial charge < -0.3 is 15.2 Å². The normalized spacial score (nSPS) is 20.4. The highest BCUT2D eigenvalue weighted by Crippen LogP contribution is 2.17. The molecule has 3 aromatic rings. The summed E-state index contributed by atoms with van der Waals surface area (Å²) in [4.78, 5) is 0. The summed E-state index contributed by atoms with van der Waals surface area (Å²) in [5, 5.41) is 8.61. The van der Waals surface area contributed by atoms with Gasteiger partial charge in [-0.3, -0.25) is 4.68 Å².